The number of carbonyl (C=O) groups excluding carboxylic acids is 1. The minimum atomic E-state index is -0.150. The lowest BCUT2D eigenvalue weighted by molar-refractivity contribution is 0.252. The second-order valence-corrected chi connectivity index (χ2v) is 5.83. The highest BCUT2D eigenvalue weighted by molar-refractivity contribution is 7.98. The Morgan fingerprint density at radius 3 is 2.55 bits per heavy atom. The average molecular weight is 295 g/mol. The summed E-state index contributed by atoms with van der Waals surface area (Å²) in [6.07, 6.45) is 5.51. The predicted octanol–water partition coefficient (Wildman–Crippen LogP) is 3.36. The average Bonchev–Trinajstić information content (AvgIpc) is 2.43. The molecule has 0 saturated carbocycles. The van der Waals surface area contributed by atoms with Gasteiger partial charge in [0.05, 0.1) is 0 Å². The van der Waals surface area contributed by atoms with Crippen molar-refractivity contribution < 1.29 is 4.79 Å². The predicted molar refractivity (Wildman–Crippen MR) is 88.3 cm³/mol. The Morgan fingerprint density at radius 1 is 1.25 bits per heavy atom. The lowest BCUT2D eigenvalue weighted by atomic mass is 10.1. The van der Waals surface area contributed by atoms with Gasteiger partial charge in [-0.15, -0.1) is 0 Å². The third-order valence-corrected chi connectivity index (χ3v) is 3.70. The van der Waals surface area contributed by atoms with Crippen molar-refractivity contribution in [2.45, 2.75) is 32.2 Å². The molecular weight excluding hydrogens is 270 g/mol. The highest BCUT2D eigenvalue weighted by atomic mass is 32.2. The number of urea groups is 1. The Hall–Kier alpha value is -1.20. The molecule has 4 N–H and O–H groups in total. The van der Waals surface area contributed by atoms with Crippen LogP contribution in [0.4, 0.5) is 10.5 Å². The molecule has 4 nitrogen and oxygen atoms in total. The van der Waals surface area contributed by atoms with Gasteiger partial charge < -0.3 is 16.4 Å². The van der Waals surface area contributed by atoms with Crippen LogP contribution in [0.1, 0.15) is 37.8 Å². The van der Waals surface area contributed by atoms with Crippen LogP contribution in [0.3, 0.4) is 0 Å². The summed E-state index contributed by atoms with van der Waals surface area (Å²) in [5, 5.41) is 5.68. The van der Waals surface area contributed by atoms with Crippen molar-refractivity contribution in [1.82, 2.24) is 5.32 Å². The lowest BCUT2D eigenvalue weighted by Crippen LogP contribution is -2.29. The number of anilines is 1. The van der Waals surface area contributed by atoms with Gasteiger partial charge >= 0.3 is 6.03 Å². The van der Waals surface area contributed by atoms with E-state index in [1.54, 1.807) is 0 Å². The summed E-state index contributed by atoms with van der Waals surface area (Å²) in [4.78, 5) is 11.7. The molecule has 0 aromatic heterocycles. The van der Waals surface area contributed by atoms with E-state index in [1.807, 2.05) is 43.0 Å². The van der Waals surface area contributed by atoms with Gasteiger partial charge in [0.1, 0.15) is 0 Å². The topological polar surface area (TPSA) is 67.2 Å². The minimum absolute atomic E-state index is 0.0131. The molecule has 0 bridgehead atoms. The third-order valence-electron chi connectivity index (χ3n) is 3.01. The number of amides is 2. The van der Waals surface area contributed by atoms with Gasteiger partial charge in [0.2, 0.25) is 0 Å². The number of benzene rings is 1. The second kappa shape index (κ2) is 9.66. The normalized spacial score (nSPS) is 11.9. The number of carbonyl (C=O) groups is 1. The first-order valence-corrected chi connectivity index (χ1v) is 8.42. The third kappa shape index (κ3) is 6.82. The van der Waals surface area contributed by atoms with Crippen LogP contribution < -0.4 is 16.4 Å². The molecule has 1 rings (SSSR count). The zero-order valence-electron chi connectivity index (χ0n) is 12.3. The molecule has 0 aliphatic rings. The van der Waals surface area contributed by atoms with Crippen molar-refractivity contribution in [2.75, 3.05) is 23.9 Å². The summed E-state index contributed by atoms with van der Waals surface area (Å²) in [7, 11) is 0. The number of hydrogen-bond acceptors (Lipinski definition) is 3. The van der Waals surface area contributed by atoms with Gasteiger partial charge in [-0.3, -0.25) is 0 Å². The lowest BCUT2D eigenvalue weighted by Gasteiger charge is -2.09. The molecule has 1 aromatic rings. The summed E-state index contributed by atoms with van der Waals surface area (Å²) >= 11 is 1.86. The molecular formula is C15H25N3OS. The van der Waals surface area contributed by atoms with Crippen molar-refractivity contribution in [3.63, 3.8) is 0 Å². The highest BCUT2D eigenvalue weighted by Gasteiger charge is 2.02. The number of unbranched alkanes of at least 4 members (excludes halogenated alkanes) is 2. The fraction of sp³-hybridized carbons (Fsp3) is 0.533. The number of rotatable bonds is 8. The summed E-state index contributed by atoms with van der Waals surface area (Å²) < 4.78 is 0. The van der Waals surface area contributed by atoms with Crippen LogP contribution in [0.2, 0.25) is 0 Å². The molecule has 1 aromatic carbocycles. The van der Waals surface area contributed by atoms with Crippen LogP contribution in [-0.2, 0) is 0 Å². The maximum absolute atomic E-state index is 11.7. The molecule has 0 heterocycles. The van der Waals surface area contributed by atoms with E-state index in [0.29, 0.717) is 0 Å². The summed E-state index contributed by atoms with van der Waals surface area (Å²) in [5.41, 5.74) is 7.63. The first kappa shape index (κ1) is 16.9. The van der Waals surface area contributed by atoms with Gasteiger partial charge in [-0.05, 0) is 49.5 Å². The van der Waals surface area contributed by atoms with E-state index in [-0.39, 0.29) is 12.1 Å². The zero-order valence-corrected chi connectivity index (χ0v) is 13.1. The SMILES string of the molecule is CSCCCCCNC(=O)Nc1ccc(C(C)N)cc1. The van der Waals surface area contributed by atoms with Crippen molar-refractivity contribution >= 4 is 23.5 Å². The van der Waals surface area contributed by atoms with Gasteiger partial charge in [-0.1, -0.05) is 18.6 Å². The van der Waals surface area contributed by atoms with E-state index in [9.17, 15) is 4.79 Å². The number of nitrogens with one attached hydrogen (secondary N) is 2. The van der Waals surface area contributed by atoms with E-state index < -0.39 is 0 Å². The van der Waals surface area contributed by atoms with Crippen LogP contribution in [0.5, 0.6) is 0 Å². The Kier molecular flexibility index (Phi) is 8.14. The number of nitrogens with two attached hydrogens (primary N) is 1. The van der Waals surface area contributed by atoms with Crippen LogP contribution in [-0.4, -0.2) is 24.6 Å². The molecule has 0 aliphatic carbocycles. The minimum Gasteiger partial charge on any atom is -0.338 e. The highest BCUT2D eigenvalue weighted by Crippen LogP contribution is 2.13. The molecule has 0 saturated heterocycles. The molecule has 0 spiro atoms. The van der Waals surface area contributed by atoms with Gasteiger partial charge in [-0.2, -0.15) is 11.8 Å². The summed E-state index contributed by atoms with van der Waals surface area (Å²) in [6.45, 7) is 2.66. The molecule has 0 aliphatic heterocycles. The molecule has 112 valence electrons. The Morgan fingerprint density at radius 2 is 1.95 bits per heavy atom. The fourth-order valence-electron chi connectivity index (χ4n) is 1.80. The Balaban J connectivity index is 2.21. The van der Waals surface area contributed by atoms with E-state index >= 15 is 0 Å². The molecule has 0 radical (unpaired) electrons. The van der Waals surface area contributed by atoms with Crippen molar-refractivity contribution in [3.05, 3.63) is 29.8 Å². The number of thioether (sulfide) groups is 1. The largest absolute Gasteiger partial charge is 0.338 e. The Labute approximate surface area is 125 Å². The number of hydrogen-bond donors (Lipinski definition) is 3. The second-order valence-electron chi connectivity index (χ2n) is 4.85. The zero-order chi connectivity index (χ0) is 14.8. The van der Waals surface area contributed by atoms with E-state index in [4.69, 9.17) is 5.73 Å². The molecule has 0 fully saturated rings. The van der Waals surface area contributed by atoms with Crippen LogP contribution in [0.25, 0.3) is 0 Å². The molecule has 1 atom stereocenters. The first-order valence-electron chi connectivity index (χ1n) is 7.03. The maximum Gasteiger partial charge on any atom is 0.319 e. The van der Waals surface area contributed by atoms with E-state index in [0.717, 1.165) is 30.6 Å². The standard InChI is InChI=1S/C15H25N3OS/c1-12(16)13-6-8-14(9-7-13)18-15(19)17-10-4-3-5-11-20-2/h6-9,12H,3-5,10-11,16H2,1-2H3,(H2,17,18,19). The van der Waals surface area contributed by atoms with E-state index in [1.165, 1.54) is 12.2 Å². The summed E-state index contributed by atoms with van der Waals surface area (Å²) in [6, 6.07) is 7.47. The van der Waals surface area contributed by atoms with Gasteiger partial charge in [-0.25, -0.2) is 4.79 Å². The van der Waals surface area contributed by atoms with Gasteiger partial charge in [0, 0.05) is 18.3 Å². The molecule has 1 unspecified atom stereocenters. The quantitative estimate of drug-likeness (QED) is 0.644. The van der Waals surface area contributed by atoms with Gasteiger partial charge in [0.15, 0.2) is 0 Å². The van der Waals surface area contributed by atoms with Crippen LogP contribution in [0.15, 0.2) is 24.3 Å². The van der Waals surface area contributed by atoms with E-state index in [2.05, 4.69) is 16.9 Å². The molecule has 20 heavy (non-hydrogen) atoms. The molecule has 2 amide bonds. The van der Waals surface area contributed by atoms with Crippen molar-refractivity contribution in [2.24, 2.45) is 5.73 Å². The van der Waals surface area contributed by atoms with Crippen molar-refractivity contribution in [3.8, 4) is 0 Å². The maximum atomic E-state index is 11.7. The Bertz CT molecular complexity index is 393. The smallest absolute Gasteiger partial charge is 0.319 e. The van der Waals surface area contributed by atoms with Gasteiger partial charge in [0.25, 0.3) is 0 Å². The fourth-order valence-corrected chi connectivity index (χ4v) is 2.29. The first-order chi connectivity index (χ1) is 9.63. The van der Waals surface area contributed by atoms with Crippen molar-refractivity contribution in [1.29, 1.82) is 0 Å². The van der Waals surface area contributed by atoms with Crippen LogP contribution >= 0.6 is 11.8 Å². The monoisotopic (exact) mass is 295 g/mol. The van der Waals surface area contributed by atoms with Crippen LogP contribution in [0, 0.1) is 0 Å². The summed E-state index contributed by atoms with van der Waals surface area (Å²) in [5.74, 6) is 1.19. The molecule has 5 heteroatoms.